The van der Waals surface area contributed by atoms with Crippen LogP contribution in [0.2, 0.25) is 0 Å². The molecular formula is C44H55NO11. The molecule has 0 radical (unpaired) electrons. The molecule has 3 aromatic carbocycles. The molecule has 0 saturated carbocycles. The van der Waals surface area contributed by atoms with E-state index in [0.717, 1.165) is 38.5 Å². The van der Waals surface area contributed by atoms with Crippen molar-refractivity contribution in [1.29, 1.82) is 0 Å². The van der Waals surface area contributed by atoms with Crippen molar-refractivity contribution < 1.29 is 53.1 Å². The van der Waals surface area contributed by atoms with Crippen LogP contribution in [0.3, 0.4) is 0 Å². The van der Waals surface area contributed by atoms with Crippen molar-refractivity contribution in [3.05, 3.63) is 120 Å². The molecule has 1 heterocycles. The number of carbonyl (C=O) groups excluding carboxylic acids is 4. The van der Waals surface area contributed by atoms with Crippen LogP contribution in [0.1, 0.15) is 103 Å². The molecular weight excluding hydrogens is 718 g/mol. The monoisotopic (exact) mass is 773 g/mol. The topological polar surface area (TPSA) is 181 Å². The summed E-state index contributed by atoms with van der Waals surface area (Å²) in [7, 11) is 0. The number of Topliss-reactive ketones (excluding diaryl/α,β-unsaturated/α-hetero) is 1. The Morgan fingerprint density at radius 2 is 1.25 bits per heavy atom. The second-order valence-electron chi connectivity index (χ2n) is 13.8. The number of nitrogens with two attached hydrogens (primary N) is 1. The van der Waals surface area contributed by atoms with Crippen LogP contribution in [0.25, 0.3) is 0 Å². The first-order valence-corrected chi connectivity index (χ1v) is 19.5. The molecule has 0 spiro atoms. The van der Waals surface area contributed by atoms with E-state index in [0.29, 0.717) is 12.8 Å². The molecule has 8 atom stereocenters. The predicted octanol–water partition coefficient (Wildman–Crippen LogP) is 6.33. The molecule has 1 fully saturated rings. The van der Waals surface area contributed by atoms with Gasteiger partial charge in [-0.05, 0) is 61.7 Å². The molecule has 1 saturated heterocycles. The molecule has 0 aromatic heterocycles. The van der Waals surface area contributed by atoms with E-state index in [-0.39, 0.29) is 28.9 Å². The van der Waals surface area contributed by atoms with Crippen molar-refractivity contribution in [3.63, 3.8) is 0 Å². The normalized spacial score (nSPS) is 21.1. The highest BCUT2D eigenvalue weighted by Gasteiger charge is 2.52. The second-order valence-corrected chi connectivity index (χ2v) is 13.8. The minimum Gasteiger partial charge on any atom is -0.454 e. The van der Waals surface area contributed by atoms with E-state index in [9.17, 15) is 29.4 Å². The van der Waals surface area contributed by atoms with Gasteiger partial charge in [-0.15, -0.1) is 0 Å². The van der Waals surface area contributed by atoms with Crippen LogP contribution in [-0.2, 0) is 28.5 Å². The fourth-order valence-electron chi connectivity index (χ4n) is 6.37. The zero-order valence-corrected chi connectivity index (χ0v) is 32.2. The summed E-state index contributed by atoms with van der Waals surface area (Å²) in [5.41, 5.74) is 7.34. The fraction of sp³-hybridized carbons (Fsp3) is 0.455. The lowest BCUT2D eigenvalue weighted by molar-refractivity contribution is -0.312. The number of benzene rings is 3. The van der Waals surface area contributed by atoms with Gasteiger partial charge in [0, 0.05) is 6.42 Å². The van der Waals surface area contributed by atoms with Crippen molar-refractivity contribution in [3.8, 4) is 0 Å². The molecule has 56 heavy (non-hydrogen) atoms. The van der Waals surface area contributed by atoms with Crippen LogP contribution in [-0.4, -0.2) is 83.5 Å². The summed E-state index contributed by atoms with van der Waals surface area (Å²) in [5.74, 6) is -4.00. The van der Waals surface area contributed by atoms with Gasteiger partial charge in [0.15, 0.2) is 12.2 Å². The summed E-state index contributed by atoms with van der Waals surface area (Å²) in [4.78, 5) is 54.5. The van der Waals surface area contributed by atoms with Gasteiger partial charge in [-0.3, -0.25) is 4.79 Å². The number of unbranched alkanes of at least 4 members (excludes halogenated alkanes) is 6. The van der Waals surface area contributed by atoms with Crippen LogP contribution >= 0.6 is 0 Å². The average molecular weight is 774 g/mol. The minimum atomic E-state index is -1.68. The third-order valence-electron chi connectivity index (χ3n) is 9.50. The highest BCUT2D eigenvalue weighted by Crippen LogP contribution is 2.31. The Bertz CT molecular complexity index is 1670. The molecule has 1 aliphatic heterocycles. The maximum absolute atomic E-state index is 14.2. The molecule has 4 N–H and O–H groups in total. The molecule has 3 aromatic rings. The van der Waals surface area contributed by atoms with Gasteiger partial charge >= 0.3 is 17.9 Å². The Labute approximate surface area is 328 Å². The van der Waals surface area contributed by atoms with Gasteiger partial charge < -0.3 is 39.6 Å². The van der Waals surface area contributed by atoms with Crippen LogP contribution < -0.4 is 5.73 Å². The summed E-state index contributed by atoms with van der Waals surface area (Å²) in [5, 5.41) is 21.6. The number of rotatable bonds is 22. The molecule has 302 valence electrons. The van der Waals surface area contributed by atoms with Crippen LogP contribution in [0.15, 0.2) is 103 Å². The maximum atomic E-state index is 14.2. The quantitative estimate of drug-likeness (QED) is 0.0340. The Hall–Kier alpha value is -4.72. The van der Waals surface area contributed by atoms with Crippen molar-refractivity contribution in [2.75, 3.05) is 6.61 Å². The van der Waals surface area contributed by atoms with E-state index in [2.05, 4.69) is 6.92 Å². The minimum absolute atomic E-state index is 0.104. The number of aliphatic hydroxyl groups is 2. The van der Waals surface area contributed by atoms with Crippen molar-refractivity contribution >= 4 is 23.7 Å². The van der Waals surface area contributed by atoms with Gasteiger partial charge in [0.05, 0.1) is 29.2 Å². The Kier molecular flexibility index (Phi) is 18.4. The lowest BCUT2D eigenvalue weighted by Gasteiger charge is -2.44. The van der Waals surface area contributed by atoms with E-state index in [1.54, 1.807) is 72.8 Å². The van der Waals surface area contributed by atoms with Gasteiger partial charge in [0.2, 0.25) is 6.29 Å². The third kappa shape index (κ3) is 12.9. The molecule has 12 heteroatoms. The number of allylic oxidation sites excluding steroid dienone is 1. The van der Waals surface area contributed by atoms with Crippen molar-refractivity contribution in [1.82, 2.24) is 0 Å². The third-order valence-corrected chi connectivity index (χ3v) is 9.50. The lowest BCUT2D eigenvalue weighted by atomic mass is 9.91. The first-order chi connectivity index (χ1) is 27.2. The number of esters is 3. The molecule has 0 amide bonds. The number of hydrogen-bond acceptors (Lipinski definition) is 12. The summed E-state index contributed by atoms with van der Waals surface area (Å²) in [6.45, 7) is 3.38. The SMILES string of the molecule is CCCCCCC=CC(OC(=O)c1ccccc1)C(C(=O)CCCCC)C(N)O[C@H]1O[C@H](CO)[C@H](O)[C@H](OC(=O)c2ccccc2)[C@H]1OC(=O)c1ccccc1. The zero-order valence-electron chi connectivity index (χ0n) is 32.2. The summed E-state index contributed by atoms with van der Waals surface area (Å²) < 4.78 is 29.9. The van der Waals surface area contributed by atoms with E-state index in [4.69, 9.17) is 29.4 Å². The van der Waals surface area contributed by atoms with E-state index in [1.807, 2.05) is 13.0 Å². The standard InChI is InChI=1S/C44H55NO11/c1-3-5-7-8-9-20-28-34(52-41(49)30-21-14-10-15-22-30)36(33(47)27-13-6-4-2)40(45)56-44-39(55-43(51)32-25-18-12-19-26-32)38(37(48)35(29-46)53-44)54-42(50)31-23-16-11-17-24-31/h10-12,14-26,28,34-40,44,46,48H,3-9,13,27,29,45H2,1-2H3/t34?,35-,36?,37+,38+,39-,40?,44-/m1/s1. The van der Waals surface area contributed by atoms with Crippen LogP contribution in [0, 0.1) is 5.92 Å². The molecule has 1 aliphatic rings. The molecule has 0 aliphatic carbocycles. The van der Waals surface area contributed by atoms with Gasteiger partial charge in [0.1, 0.15) is 30.3 Å². The van der Waals surface area contributed by atoms with Crippen LogP contribution in [0.5, 0.6) is 0 Å². The first-order valence-electron chi connectivity index (χ1n) is 19.5. The average Bonchev–Trinajstić information content (AvgIpc) is 3.22. The van der Waals surface area contributed by atoms with Gasteiger partial charge in [-0.2, -0.15) is 0 Å². The van der Waals surface area contributed by atoms with Crippen LogP contribution in [0.4, 0.5) is 0 Å². The van der Waals surface area contributed by atoms with Gasteiger partial charge in [0.25, 0.3) is 0 Å². The highest BCUT2D eigenvalue weighted by molar-refractivity contribution is 5.91. The number of aliphatic hydroxyl groups excluding tert-OH is 2. The zero-order chi connectivity index (χ0) is 40.3. The second kappa shape index (κ2) is 23.4. The molecule has 0 bridgehead atoms. The molecule has 4 rings (SSSR count). The number of carbonyl (C=O) groups is 4. The summed E-state index contributed by atoms with van der Waals surface area (Å²) in [6, 6.07) is 24.3. The summed E-state index contributed by atoms with van der Waals surface area (Å²) >= 11 is 0. The van der Waals surface area contributed by atoms with Crippen molar-refractivity contribution in [2.24, 2.45) is 11.7 Å². The van der Waals surface area contributed by atoms with E-state index < -0.39 is 73.5 Å². The van der Waals surface area contributed by atoms with Crippen molar-refractivity contribution in [2.45, 2.75) is 115 Å². The smallest absolute Gasteiger partial charge is 0.338 e. The number of ketones is 1. The summed E-state index contributed by atoms with van der Waals surface area (Å²) in [6.07, 6.45) is -0.273. The number of ether oxygens (including phenoxy) is 5. The Morgan fingerprint density at radius 3 is 1.79 bits per heavy atom. The lowest BCUT2D eigenvalue weighted by Crippen LogP contribution is -2.63. The molecule has 3 unspecified atom stereocenters. The largest absolute Gasteiger partial charge is 0.454 e. The van der Waals surface area contributed by atoms with E-state index in [1.165, 1.54) is 24.3 Å². The van der Waals surface area contributed by atoms with Gasteiger partial charge in [-0.25, -0.2) is 14.4 Å². The predicted molar refractivity (Wildman–Crippen MR) is 208 cm³/mol. The van der Waals surface area contributed by atoms with Gasteiger partial charge in [-0.1, -0.05) is 107 Å². The fourth-order valence-corrected chi connectivity index (χ4v) is 6.37. The molecule has 12 nitrogen and oxygen atoms in total. The maximum Gasteiger partial charge on any atom is 0.338 e. The Morgan fingerprint density at radius 1 is 0.732 bits per heavy atom. The van der Waals surface area contributed by atoms with E-state index >= 15 is 0 Å². The Balaban J connectivity index is 1.72. The highest BCUT2D eigenvalue weighted by atomic mass is 16.7. The number of hydrogen-bond donors (Lipinski definition) is 3. The first kappa shape index (κ1) is 44.0.